The summed E-state index contributed by atoms with van der Waals surface area (Å²) in [7, 11) is 1.74. The maximum absolute atomic E-state index is 4.95. The van der Waals surface area contributed by atoms with Crippen LogP contribution in [-0.2, 0) is 4.74 Å². The molecule has 2 nitrogen and oxygen atoms in total. The van der Waals surface area contributed by atoms with Crippen LogP contribution in [0.3, 0.4) is 0 Å². The van der Waals surface area contributed by atoms with Gasteiger partial charge in [0, 0.05) is 30.7 Å². The topological polar surface area (TPSA) is 21.3 Å². The van der Waals surface area contributed by atoms with Crippen LogP contribution in [0.15, 0.2) is 0 Å². The molecule has 0 spiro atoms. The smallest absolute Gasteiger partial charge is 0.0476 e. The molecule has 0 fully saturated rings. The van der Waals surface area contributed by atoms with Gasteiger partial charge in [-0.3, -0.25) is 0 Å². The van der Waals surface area contributed by atoms with Gasteiger partial charge in [0.2, 0.25) is 0 Å². The lowest BCUT2D eigenvalue weighted by Crippen LogP contribution is -2.28. The summed E-state index contributed by atoms with van der Waals surface area (Å²) in [6.45, 7) is 4.15. The molecule has 1 unspecified atom stereocenters. The van der Waals surface area contributed by atoms with Crippen LogP contribution in [0.25, 0.3) is 0 Å². The molecule has 0 aliphatic heterocycles. The van der Waals surface area contributed by atoms with Gasteiger partial charge in [-0.2, -0.15) is 0 Å². The minimum absolute atomic E-state index is 0.592. The molecule has 0 amide bonds. The van der Waals surface area contributed by atoms with E-state index in [1.807, 2.05) is 0 Å². The van der Waals surface area contributed by atoms with Gasteiger partial charge in [0.05, 0.1) is 0 Å². The number of methoxy groups -OCH3 is 1. The Hall–Kier alpha value is 0.650. The first-order chi connectivity index (χ1) is 4.81. The molecular formula is C7H16INO. The maximum Gasteiger partial charge on any atom is 0.0476 e. The van der Waals surface area contributed by atoms with E-state index < -0.39 is 0 Å². The zero-order valence-electron chi connectivity index (χ0n) is 6.69. The van der Waals surface area contributed by atoms with E-state index in [0.717, 1.165) is 19.6 Å². The van der Waals surface area contributed by atoms with Gasteiger partial charge in [-0.15, -0.1) is 0 Å². The van der Waals surface area contributed by atoms with Gasteiger partial charge in [0.15, 0.2) is 0 Å². The summed E-state index contributed by atoms with van der Waals surface area (Å²) in [6, 6.07) is 0.592. The summed E-state index contributed by atoms with van der Waals surface area (Å²) in [6.07, 6.45) is 1.10. The number of halogens is 1. The van der Waals surface area contributed by atoms with Crippen LogP contribution >= 0.6 is 22.6 Å². The van der Waals surface area contributed by atoms with E-state index in [1.54, 1.807) is 7.11 Å². The average Bonchev–Trinajstić information content (AvgIpc) is 1.97. The Bertz CT molecular complexity index is 62.6. The van der Waals surface area contributed by atoms with Crippen molar-refractivity contribution in [1.82, 2.24) is 5.32 Å². The molecule has 0 rings (SSSR count). The van der Waals surface area contributed by atoms with Crippen LogP contribution in [-0.4, -0.2) is 30.7 Å². The third-order valence-electron chi connectivity index (χ3n) is 1.34. The highest BCUT2D eigenvalue weighted by atomic mass is 127. The molecule has 0 aliphatic carbocycles. The standard InChI is InChI=1S/C7H16INO/c1-7(3-6-10-2)9-5-4-8/h7,9H,3-6H2,1-2H3. The van der Waals surface area contributed by atoms with E-state index in [2.05, 4.69) is 34.8 Å². The monoisotopic (exact) mass is 257 g/mol. The van der Waals surface area contributed by atoms with E-state index in [1.165, 1.54) is 4.43 Å². The van der Waals surface area contributed by atoms with Crippen LogP contribution in [0.4, 0.5) is 0 Å². The van der Waals surface area contributed by atoms with Crippen LogP contribution in [0.1, 0.15) is 13.3 Å². The number of hydrogen-bond acceptors (Lipinski definition) is 2. The zero-order chi connectivity index (χ0) is 7.82. The molecule has 62 valence electrons. The third-order valence-corrected chi connectivity index (χ3v) is 1.88. The highest BCUT2D eigenvalue weighted by molar-refractivity contribution is 14.1. The van der Waals surface area contributed by atoms with Crippen molar-refractivity contribution in [2.75, 3.05) is 24.7 Å². The molecule has 1 atom stereocenters. The van der Waals surface area contributed by atoms with Crippen molar-refractivity contribution in [3.8, 4) is 0 Å². The predicted molar refractivity (Wildman–Crippen MR) is 52.8 cm³/mol. The van der Waals surface area contributed by atoms with Gasteiger partial charge in [0.1, 0.15) is 0 Å². The summed E-state index contributed by atoms with van der Waals surface area (Å²) in [4.78, 5) is 0. The maximum atomic E-state index is 4.95. The minimum atomic E-state index is 0.592. The first kappa shape index (κ1) is 10.7. The Kier molecular flexibility index (Phi) is 8.26. The fourth-order valence-corrected chi connectivity index (χ4v) is 1.01. The Labute approximate surface area is 76.9 Å². The number of alkyl halides is 1. The summed E-state index contributed by atoms with van der Waals surface area (Å²) < 4.78 is 6.13. The molecule has 3 heteroatoms. The quantitative estimate of drug-likeness (QED) is 0.574. The van der Waals surface area contributed by atoms with Crippen LogP contribution in [0.5, 0.6) is 0 Å². The largest absolute Gasteiger partial charge is 0.385 e. The molecule has 0 aromatic carbocycles. The van der Waals surface area contributed by atoms with E-state index in [0.29, 0.717) is 6.04 Å². The molecule has 0 saturated carbocycles. The fourth-order valence-electron chi connectivity index (χ4n) is 0.698. The molecule has 0 aliphatic rings. The summed E-state index contributed by atoms with van der Waals surface area (Å²) in [5.41, 5.74) is 0. The van der Waals surface area contributed by atoms with Crippen molar-refractivity contribution < 1.29 is 4.74 Å². The molecule has 0 heterocycles. The second kappa shape index (κ2) is 7.75. The van der Waals surface area contributed by atoms with Crippen LogP contribution in [0, 0.1) is 0 Å². The Balaban J connectivity index is 3.00. The molecule has 10 heavy (non-hydrogen) atoms. The van der Waals surface area contributed by atoms with Gasteiger partial charge in [0.25, 0.3) is 0 Å². The number of ether oxygens (including phenoxy) is 1. The summed E-state index contributed by atoms with van der Waals surface area (Å²) in [5.74, 6) is 0. The summed E-state index contributed by atoms with van der Waals surface area (Å²) in [5, 5.41) is 3.38. The minimum Gasteiger partial charge on any atom is -0.385 e. The Morgan fingerprint density at radius 2 is 2.30 bits per heavy atom. The van der Waals surface area contributed by atoms with Crippen molar-refractivity contribution >= 4 is 22.6 Å². The fraction of sp³-hybridized carbons (Fsp3) is 1.00. The van der Waals surface area contributed by atoms with E-state index in [4.69, 9.17) is 4.74 Å². The third kappa shape index (κ3) is 6.77. The molecular weight excluding hydrogens is 241 g/mol. The Morgan fingerprint density at radius 3 is 2.80 bits per heavy atom. The van der Waals surface area contributed by atoms with Gasteiger partial charge in [-0.1, -0.05) is 22.6 Å². The lowest BCUT2D eigenvalue weighted by Gasteiger charge is -2.11. The first-order valence-electron chi connectivity index (χ1n) is 3.59. The van der Waals surface area contributed by atoms with Gasteiger partial charge < -0.3 is 10.1 Å². The number of hydrogen-bond donors (Lipinski definition) is 1. The van der Waals surface area contributed by atoms with E-state index in [9.17, 15) is 0 Å². The second-order valence-corrected chi connectivity index (χ2v) is 3.40. The van der Waals surface area contributed by atoms with E-state index >= 15 is 0 Å². The van der Waals surface area contributed by atoms with Crippen molar-refractivity contribution in [1.29, 1.82) is 0 Å². The molecule has 1 N–H and O–H groups in total. The van der Waals surface area contributed by atoms with Gasteiger partial charge in [-0.05, 0) is 13.3 Å². The molecule has 0 bridgehead atoms. The molecule has 0 aromatic heterocycles. The highest BCUT2D eigenvalue weighted by Crippen LogP contribution is 1.90. The van der Waals surface area contributed by atoms with Crippen LogP contribution < -0.4 is 5.32 Å². The van der Waals surface area contributed by atoms with Crippen molar-refractivity contribution in [3.05, 3.63) is 0 Å². The second-order valence-electron chi connectivity index (χ2n) is 2.33. The summed E-state index contributed by atoms with van der Waals surface area (Å²) >= 11 is 2.36. The Morgan fingerprint density at radius 1 is 1.60 bits per heavy atom. The first-order valence-corrected chi connectivity index (χ1v) is 5.12. The average molecular weight is 257 g/mol. The van der Waals surface area contributed by atoms with Crippen molar-refractivity contribution in [2.45, 2.75) is 19.4 Å². The molecule has 0 saturated heterocycles. The van der Waals surface area contributed by atoms with Crippen molar-refractivity contribution in [3.63, 3.8) is 0 Å². The number of rotatable bonds is 6. The SMILES string of the molecule is COCCC(C)NCCI. The number of nitrogens with one attached hydrogen (secondary N) is 1. The van der Waals surface area contributed by atoms with Crippen molar-refractivity contribution in [2.24, 2.45) is 0 Å². The predicted octanol–water partition coefficient (Wildman–Crippen LogP) is 1.44. The lowest BCUT2D eigenvalue weighted by molar-refractivity contribution is 0.185. The van der Waals surface area contributed by atoms with E-state index in [-0.39, 0.29) is 0 Å². The normalized spacial score (nSPS) is 13.5. The highest BCUT2D eigenvalue weighted by Gasteiger charge is 1.97. The molecule has 0 aromatic rings. The molecule has 0 radical (unpaired) electrons. The zero-order valence-corrected chi connectivity index (χ0v) is 8.85. The van der Waals surface area contributed by atoms with Gasteiger partial charge >= 0.3 is 0 Å². The lowest BCUT2D eigenvalue weighted by atomic mass is 10.2. The van der Waals surface area contributed by atoms with Crippen LogP contribution in [0.2, 0.25) is 0 Å². The van der Waals surface area contributed by atoms with Gasteiger partial charge in [-0.25, -0.2) is 0 Å².